The molecule has 0 atom stereocenters. The van der Waals surface area contributed by atoms with Gasteiger partial charge in [-0.05, 0) is 29.8 Å². The Kier molecular flexibility index (Phi) is 4.61. The van der Waals surface area contributed by atoms with Crippen LogP contribution in [-0.2, 0) is 6.54 Å². The van der Waals surface area contributed by atoms with Crippen LogP contribution in [0, 0.1) is 20.2 Å². The Morgan fingerprint density at radius 3 is 2.31 bits per heavy atom. The van der Waals surface area contributed by atoms with Gasteiger partial charge in [0, 0.05) is 23.9 Å². The average molecular weight is 354 g/mol. The zero-order chi connectivity index (χ0) is 18.7. The molecule has 0 spiro atoms. The summed E-state index contributed by atoms with van der Waals surface area (Å²) >= 11 is 0. The molecular formula is C17H14N4O5. The number of methoxy groups -OCH3 is 1. The summed E-state index contributed by atoms with van der Waals surface area (Å²) in [5.41, 5.74) is 0.844. The average Bonchev–Trinajstić information content (AvgIpc) is 3.10. The largest absolute Gasteiger partial charge is 0.497 e. The second kappa shape index (κ2) is 7.01. The van der Waals surface area contributed by atoms with Gasteiger partial charge in [-0.3, -0.25) is 24.9 Å². The lowest BCUT2D eigenvalue weighted by molar-refractivity contribution is -0.422. The lowest BCUT2D eigenvalue weighted by atomic mass is 10.1. The minimum Gasteiger partial charge on any atom is -0.497 e. The number of ether oxygens (including phenoxy) is 1. The lowest BCUT2D eigenvalue weighted by Gasteiger charge is -2.04. The van der Waals surface area contributed by atoms with E-state index in [1.165, 1.54) is 6.07 Å². The van der Waals surface area contributed by atoms with Crippen molar-refractivity contribution in [2.75, 3.05) is 7.11 Å². The normalized spacial score (nSPS) is 10.5. The standard InChI is InChI=1S/C17H14N4O5/c1-26-14-5-2-12(3-6-14)11-19-9-8-15(18-19)13-4-7-16(20(22)23)17(10-13)21(24)25/h2-10H,11H2,1H3. The summed E-state index contributed by atoms with van der Waals surface area (Å²) in [4.78, 5) is 20.4. The van der Waals surface area contributed by atoms with Crippen molar-refractivity contribution in [3.05, 3.63) is 80.5 Å². The van der Waals surface area contributed by atoms with Gasteiger partial charge in [0.15, 0.2) is 0 Å². The highest BCUT2D eigenvalue weighted by Gasteiger charge is 2.24. The maximum atomic E-state index is 11.1. The van der Waals surface area contributed by atoms with Crippen LogP contribution in [0.15, 0.2) is 54.7 Å². The van der Waals surface area contributed by atoms with Gasteiger partial charge < -0.3 is 4.74 Å². The topological polar surface area (TPSA) is 113 Å². The molecule has 0 amide bonds. The molecule has 0 saturated carbocycles. The van der Waals surface area contributed by atoms with Crippen molar-refractivity contribution >= 4 is 11.4 Å². The molecule has 0 aliphatic carbocycles. The molecule has 132 valence electrons. The van der Waals surface area contributed by atoms with E-state index >= 15 is 0 Å². The molecule has 3 rings (SSSR count). The fourth-order valence-corrected chi connectivity index (χ4v) is 2.51. The summed E-state index contributed by atoms with van der Waals surface area (Å²) in [6, 6.07) is 13.0. The van der Waals surface area contributed by atoms with E-state index in [2.05, 4.69) is 5.10 Å². The van der Waals surface area contributed by atoms with Gasteiger partial charge in [0.25, 0.3) is 0 Å². The SMILES string of the molecule is COc1ccc(Cn2ccc(-c3ccc([N+](=O)[O-])c([N+](=O)[O-])c3)n2)cc1. The Hall–Kier alpha value is -3.75. The van der Waals surface area contributed by atoms with Gasteiger partial charge in [-0.15, -0.1) is 0 Å². The van der Waals surface area contributed by atoms with Crippen LogP contribution < -0.4 is 4.74 Å². The molecule has 26 heavy (non-hydrogen) atoms. The Balaban J connectivity index is 1.86. The van der Waals surface area contributed by atoms with Crippen molar-refractivity contribution in [2.24, 2.45) is 0 Å². The number of nitro groups is 2. The van der Waals surface area contributed by atoms with E-state index in [1.807, 2.05) is 24.3 Å². The maximum absolute atomic E-state index is 11.1. The Morgan fingerprint density at radius 2 is 1.69 bits per heavy atom. The summed E-state index contributed by atoms with van der Waals surface area (Å²) in [6.45, 7) is 0.513. The second-order valence-corrected chi connectivity index (χ2v) is 5.46. The van der Waals surface area contributed by atoms with Crippen molar-refractivity contribution in [2.45, 2.75) is 6.54 Å². The summed E-state index contributed by atoms with van der Waals surface area (Å²) in [5.74, 6) is 0.757. The predicted octanol–water partition coefficient (Wildman–Crippen LogP) is 3.42. The van der Waals surface area contributed by atoms with E-state index in [-0.39, 0.29) is 0 Å². The summed E-state index contributed by atoms with van der Waals surface area (Å²) in [6.07, 6.45) is 1.74. The van der Waals surface area contributed by atoms with Gasteiger partial charge in [0.1, 0.15) is 5.75 Å². The van der Waals surface area contributed by atoms with Crippen LogP contribution in [0.3, 0.4) is 0 Å². The van der Waals surface area contributed by atoms with E-state index < -0.39 is 21.2 Å². The third-order valence-corrected chi connectivity index (χ3v) is 3.81. The summed E-state index contributed by atoms with van der Waals surface area (Å²) in [7, 11) is 1.60. The monoisotopic (exact) mass is 354 g/mol. The molecule has 0 unspecified atom stereocenters. The third kappa shape index (κ3) is 3.51. The number of hydrogen-bond acceptors (Lipinski definition) is 6. The quantitative estimate of drug-likeness (QED) is 0.495. The first kappa shape index (κ1) is 17.1. The first-order valence-corrected chi connectivity index (χ1v) is 7.57. The molecule has 0 saturated heterocycles. The van der Waals surface area contributed by atoms with Crippen molar-refractivity contribution in [3.8, 4) is 17.0 Å². The van der Waals surface area contributed by atoms with E-state index in [9.17, 15) is 20.2 Å². The van der Waals surface area contributed by atoms with Crippen molar-refractivity contribution in [1.82, 2.24) is 9.78 Å². The highest BCUT2D eigenvalue weighted by molar-refractivity contribution is 5.67. The smallest absolute Gasteiger partial charge is 0.346 e. The number of hydrogen-bond donors (Lipinski definition) is 0. The molecule has 9 nitrogen and oxygen atoms in total. The third-order valence-electron chi connectivity index (χ3n) is 3.81. The van der Waals surface area contributed by atoms with Gasteiger partial charge in [0.2, 0.25) is 0 Å². The van der Waals surface area contributed by atoms with Crippen LogP contribution in [0.5, 0.6) is 5.75 Å². The minimum atomic E-state index is -0.774. The van der Waals surface area contributed by atoms with E-state index in [0.717, 1.165) is 23.4 Å². The highest BCUT2D eigenvalue weighted by atomic mass is 16.6. The Labute approximate surface area is 147 Å². The van der Waals surface area contributed by atoms with Crippen LogP contribution in [0.2, 0.25) is 0 Å². The summed E-state index contributed by atoms with van der Waals surface area (Å²) < 4.78 is 6.80. The van der Waals surface area contributed by atoms with Crippen LogP contribution in [-0.4, -0.2) is 26.7 Å². The molecule has 0 bridgehead atoms. The Bertz CT molecular complexity index is 966. The molecule has 2 aromatic carbocycles. The molecular weight excluding hydrogens is 340 g/mol. The predicted molar refractivity (Wildman–Crippen MR) is 93.1 cm³/mol. The van der Waals surface area contributed by atoms with Crippen LogP contribution in [0.25, 0.3) is 11.3 Å². The van der Waals surface area contributed by atoms with E-state index in [4.69, 9.17) is 4.74 Å². The zero-order valence-electron chi connectivity index (χ0n) is 13.7. The molecule has 0 N–H and O–H groups in total. The van der Waals surface area contributed by atoms with E-state index in [1.54, 1.807) is 24.1 Å². The first-order valence-electron chi connectivity index (χ1n) is 7.57. The highest BCUT2D eigenvalue weighted by Crippen LogP contribution is 2.31. The molecule has 3 aromatic rings. The molecule has 0 radical (unpaired) electrons. The van der Waals surface area contributed by atoms with Crippen LogP contribution in [0.1, 0.15) is 5.56 Å². The van der Waals surface area contributed by atoms with Gasteiger partial charge in [0.05, 0.1) is 29.2 Å². The minimum absolute atomic E-state index is 0.441. The van der Waals surface area contributed by atoms with Crippen LogP contribution in [0.4, 0.5) is 11.4 Å². The number of aromatic nitrogens is 2. The maximum Gasteiger partial charge on any atom is 0.346 e. The fourth-order valence-electron chi connectivity index (χ4n) is 2.51. The van der Waals surface area contributed by atoms with Gasteiger partial charge in [-0.1, -0.05) is 12.1 Å². The summed E-state index contributed by atoms with van der Waals surface area (Å²) in [5, 5.41) is 26.4. The first-order chi connectivity index (χ1) is 12.5. The van der Waals surface area contributed by atoms with Crippen LogP contribution >= 0.6 is 0 Å². The molecule has 0 fully saturated rings. The zero-order valence-corrected chi connectivity index (χ0v) is 13.7. The van der Waals surface area contributed by atoms with Crippen molar-refractivity contribution < 1.29 is 14.6 Å². The molecule has 0 aliphatic heterocycles. The molecule has 1 aromatic heterocycles. The molecule has 1 heterocycles. The Morgan fingerprint density at radius 1 is 1.00 bits per heavy atom. The van der Waals surface area contributed by atoms with Crippen molar-refractivity contribution in [3.63, 3.8) is 0 Å². The molecule has 0 aliphatic rings. The van der Waals surface area contributed by atoms with Gasteiger partial charge in [-0.2, -0.15) is 5.10 Å². The second-order valence-electron chi connectivity index (χ2n) is 5.46. The molecule has 9 heteroatoms. The number of nitrogens with zero attached hydrogens (tertiary/aromatic N) is 4. The number of nitro benzene ring substituents is 2. The lowest BCUT2D eigenvalue weighted by Crippen LogP contribution is -2.00. The fraction of sp³-hybridized carbons (Fsp3) is 0.118. The van der Waals surface area contributed by atoms with E-state index in [0.29, 0.717) is 17.8 Å². The van der Waals surface area contributed by atoms with Crippen molar-refractivity contribution in [1.29, 1.82) is 0 Å². The van der Waals surface area contributed by atoms with Gasteiger partial charge >= 0.3 is 11.4 Å². The van der Waals surface area contributed by atoms with Gasteiger partial charge in [-0.25, -0.2) is 0 Å². The number of rotatable bonds is 6. The number of benzene rings is 2.